The summed E-state index contributed by atoms with van der Waals surface area (Å²) in [5.74, 6) is 0. The minimum atomic E-state index is 0.789. The molecule has 1 fully saturated rings. The van der Waals surface area contributed by atoms with Gasteiger partial charge in [-0.05, 0) is 43.5 Å². The van der Waals surface area contributed by atoms with Crippen LogP contribution in [0.3, 0.4) is 0 Å². The van der Waals surface area contributed by atoms with Gasteiger partial charge in [0.1, 0.15) is 0 Å². The Balaban J connectivity index is 1.46. The maximum absolute atomic E-state index is 5.46. The highest BCUT2D eigenvalue weighted by Gasteiger charge is 2.15. The van der Waals surface area contributed by atoms with E-state index in [2.05, 4.69) is 71.3 Å². The topological polar surface area (TPSA) is 65.9 Å². The molecule has 5 rings (SSSR count). The largest absolute Gasteiger partial charge is 0.379 e. The van der Waals surface area contributed by atoms with E-state index in [0.29, 0.717) is 0 Å². The van der Waals surface area contributed by atoms with E-state index < -0.39 is 0 Å². The second-order valence-corrected chi connectivity index (χ2v) is 8.93. The summed E-state index contributed by atoms with van der Waals surface area (Å²) in [5.41, 5.74) is 11.8. The summed E-state index contributed by atoms with van der Waals surface area (Å²) < 4.78 is 5.46. The standard InChI is InChI=1S/C29H32N4O/c30-21-22-9-11-24(12-10-22)29-25(23-6-2-1-3-7-23)20-26-27(31-14-13-28(26)32-29)8-4-5-15-33-16-18-34-19-17-33/h1-3,6-7,9-14,20H,4-5,8,15-19,21,30H2/p+1. The highest BCUT2D eigenvalue weighted by Crippen LogP contribution is 2.34. The molecule has 2 aromatic carbocycles. The van der Waals surface area contributed by atoms with Crippen LogP contribution in [0.4, 0.5) is 0 Å². The fraction of sp³-hybridized carbons (Fsp3) is 0.310. The number of aromatic nitrogens is 2. The molecule has 174 valence electrons. The zero-order valence-corrected chi connectivity index (χ0v) is 19.7. The average molecular weight is 454 g/mol. The molecule has 0 amide bonds. The van der Waals surface area contributed by atoms with Gasteiger partial charge in [0, 0.05) is 47.1 Å². The van der Waals surface area contributed by atoms with E-state index in [-0.39, 0.29) is 0 Å². The van der Waals surface area contributed by atoms with Crippen LogP contribution in [0.25, 0.3) is 33.3 Å². The third-order valence-corrected chi connectivity index (χ3v) is 6.67. The molecule has 3 N–H and O–H groups in total. The zero-order valence-electron chi connectivity index (χ0n) is 19.7. The summed E-state index contributed by atoms with van der Waals surface area (Å²) in [7, 11) is 0. The molecule has 34 heavy (non-hydrogen) atoms. The molecule has 0 bridgehead atoms. The Hall–Kier alpha value is -3.12. The van der Waals surface area contributed by atoms with E-state index in [9.17, 15) is 0 Å². The Morgan fingerprint density at radius 2 is 1.68 bits per heavy atom. The monoisotopic (exact) mass is 453 g/mol. The molecule has 0 aliphatic carbocycles. The number of nitrogens with zero attached hydrogens (tertiary/aromatic N) is 3. The fourth-order valence-corrected chi connectivity index (χ4v) is 4.69. The molecular formula is C29H33N4O+. The molecule has 1 aliphatic rings. The molecule has 1 saturated heterocycles. The molecular weight excluding hydrogens is 420 g/mol. The average Bonchev–Trinajstić information content (AvgIpc) is 2.91. The number of ether oxygens (including phenoxy) is 1. The van der Waals surface area contributed by atoms with E-state index in [1.807, 2.05) is 12.3 Å². The van der Waals surface area contributed by atoms with Crippen LogP contribution in [0.1, 0.15) is 24.1 Å². The first kappa shape index (κ1) is 22.7. The summed E-state index contributed by atoms with van der Waals surface area (Å²) in [6, 6.07) is 23.5. The lowest BCUT2D eigenvalue weighted by Crippen LogP contribution is -2.47. The molecule has 1 aliphatic heterocycles. The lowest BCUT2D eigenvalue weighted by atomic mass is 9.96. The first-order valence-electron chi connectivity index (χ1n) is 12.3. The van der Waals surface area contributed by atoms with Crippen molar-refractivity contribution in [2.45, 2.75) is 25.8 Å². The number of aryl methyl sites for hydroxylation is 1. The summed E-state index contributed by atoms with van der Waals surface area (Å²) >= 11 is 0. The Kier molecular flexibility index (Phi) is 7.25. The van der Waals surface area contributed by atoms with E-state index in [4.69, 9.17) is 14.7 Å². The Morgan fingerprint density at radius 3 is 2.44 bits per heavy atom. The summed E-state index contributed by atoms with van der Waals surface area (Å²) in [6.07, 6.45) is 5.17. The smallest absolute Gasteiger partial charge is 0.0997 e. The number of pyridine rings is 2. The first-order valence-corrected chi connectivity index (χ1v) is 12.3. The second kappa shape index (κ2) is 10.9. The number of fused-ring (bicyclic) bond motifs is 1. The van der Waals surface area contributed by atoms with Gasteiger partial charge < -0.3 is 10.5 Å². The van der Waals surface area contributed by atoms with E-state index in [1.165, 1.54) is 17.5 Å². The number of hydrogen-bond acceptors (Lipinski definition) is 4. The van der Waals surface area contributed by atoms with Gasteiger partial charge >= 0.3 is 0 Å². The van der Waals surface area contributed by atoms with Crippen molar-refractivity contribution in [2.75, 3.05) is 32.8 Å². The van der Waals surface area contributed by atoms with Crippen LogP contribution < -0.4 is 5.73 Å². The predicted octanol–water partition coefficient (Wildman–Crippen LogP) is 4.36. The van der Waals surface area contributed by atoms with E-state index in [1.54, 1.807) is 0 Å². The molecule has 0 spiro atoms. The molecule has 5 nitrogen and oxygen atoms in total. The Labute approximate surface area is 201 Å². The predicted molar refractivity (Wildman–Crippen MR) is 137 cm³/mol. The molecule has 2 aromatic heterocycles. The van der Waals surface area contributed by atoms with Gasteiger partial charge in [0.2, 0.25) is 0 Å². The van der Waals surface area contributed by atoms with Crippen LogP contribution in [-0.4, -0.2) is 47.7 Å². The van der Waals surface area contributed by atoms with Gasteiger partial charge in [0.15, 0.2) is 0 Å². The van der Waals surface area contributed by atoms with Crippen molar-refractivity contribution < 1.29 is 10.5 Å². The fourth-order valence-electron chi connectivity index (χ4n) is 4.69. The zero-order chi connectivity index (χ0) is 23.2. The van der Waals surface area contributed by atoms with Crippen molar-refractivity contribution in [1.29, 1.82) is 0 Å². The number of unbranched alkanes of at least 4 members (excludes halogenated alkanes) is 1. The first-order chi connectivity index (χ1) is 16.8. The van der Waals surface area contributed by atoms with Crippen LogP contribution in [0.15, 0.2) is 72.9 Å². The highest BCUT2D eigenvalue weighted by molar-refractivity contribution is 5.92. The summed E-state index contributed by atoms with van der Waals surface area (Å²) in [5, 5.41) is 1.16. The van der Waals surface area contributed by atoms with E-state index >= 15 is 0 Å². The molecule has 0 unspecified atom stereocenters. The number of hydrogen-bond donors (Lipinski definition) is 1. The van der Waals surface area contributed by atoms with E-state index in [0.717, 1.165) is 85.7 Å². The molecule has 0 radical (unpaired) electrons. The molecule has 0 atom stereocenters. The third kappa shape index (κ3) is 5.17. The van der Waals surface area contributed by atoms with Crippen LogP contribution in [0, 0.1) is 0 Å². The third-order valence-electron chi connectivity index (χ3n) is 6.67. The van der Waals surface area contributed by atoms with Gasteiger partial charge in [0.25, 0.3) is 0 Å². The van der Waals surface area contributed by atoms with Crippen molar-refractivity contribution in [3.05, 3.63) is 84.2 Å². The lowest BCUT2D eigenvalue weighted by molar-refractivity contribution is -0.386. The lowest BCUT2D eigenvalue weighted by Gasteiger charge is -2.26. The Morgan fingerprint density at radius 1 is 0.882 bits per heavy atom. The van der Waals surface area contributed by atoms with Crippen molar-refractivity contribution in [1.82, 2.24) is 14.9 Å². The quantitative estimate of drug-likeness (QED) is 0.403. The van der Waals surface area contributed by atoms with Crippen LogP contribution >= 0.6 is 0 Å². The van der Waals surface area contributed by atoms with Crippen molar-refractivity contribution in [3.8, 4) is 22.4 Å². The number of rotatable bonds is 8. The van der Waals surface area contributed by atoms with Crippen LogP contribution in [0.5, 0.6) is 0 Å². The SMILES string of the molecule is [NH3+]Cc1ccc(-c2nc3ccnc(CCCCN4CCOCC4)c3cc2-c2ccccc2)cc1. The number of quaternary nitrogens is 1. The Bertz CT molecular complexity index is 1220. The molecule has 3 heterocycles. The molecule has 4 aromatic rings. The highest BCUT2D eigenvalue weighted by atomic mass is 16.5. The minimum absolute atomic E-state index is 0.789. The van der Waals surface area contributed by atoms with Crippen molar-refractivity contribution in [2.24, 2.45) is 0 Å². The normalized spacial score (nSPS) is 14.5. The van der Waals surface area contributed by atoms with Gasteiger partial charge in [-0.2, -0.15) is 0 Å². The van der Waals surface area contributed by atoms with Gasteiger partial charge in [-0.15, -0.1) is 0 Å². The van der Waals surface area contributed by atoms with Gasteiger partial charge in [-0.1, -0.05) is 54.6 Å². The van der Waals surface area contributed by atoms with Gasteiger partial charge in [0.05, 0.1) is 31.0 Å². The van der Waals surface area contributed by atoms with Gasteiger partial charge in [-0.25, -0.2) is 4.98 Å². The van der Waals surface area contributed by atoms with Crippen molar-refractivity contribution >= 4 is 10.9 Å². The summed E-state index contributed by atoms with van der Waals surface area (Å²) in [4.78, 5) is 12.4. The van der Waals surface area contributed by atoms with Gasteiger partial charge in [-0.3, -0.25) is 9.88 Å². The molecule has 0 saturated carbocycles. The number of benzene rings is 2. The van der Waals surface area contributed by atoms with Crippen LogP contribution in [-0.2, 0) is 17.7 Å². The summed E-state index contributed by atoms with van der Waals surface area (Å²) in [6.45, 7) is 5.75. The second-order valence-electron chi connectivity index (χ2n) is 8.93. The maximum atomic E-state index is 5.46. The number of morpholine rings is 1. The van der Waals surface area contributed by atoms with Crippen molar-refractivity contribution in [3.63, 3.8) is 0 Å². The minimum Gasteiger partial charge on any atom is -0.379 e. The molecule has 5 heteroatoms. The van der Waals surface area contributed by atoms with Crippen LogP contribution in [0.2, 0.25) is 0 Å². The maximum Gasteiger partial charge on any atom is 0.0997 e.